The molecule has 2 heterocycles. The van der Waals surface area contributed by atoms with E-state index in [9.17, 15) is 9.59 Å². The zero-order valence-electron chi connectivity index (χ0n) is 18.5. The van der Waals surface area contributed by atoms with E-state index in [1.807, 2.05) is 48.5 Å². The summed E-state index contributed by atoms with van der Waals surface area (Å²) in [5.74, 6) is -0.565. The maximum Gasteiger partial charge on any atom is 0.269 e. The first kappa shape index (κ1) is 21.4. The molecule has 3 aromatic carbocycles. The van der Waals surface area contributed by atoms with E-state index in [0.29, 0.717) is 24.8 Å². The van der Waals surface area contributed by atoms with Crippen LogP contribution in [-0.2, 0) is 11.2 Å². The molecule has 0 spiro atoms. The molecule has 0 bridgehead atoms. The third kappa shape index (κ3) is 4.52. The summed E-state index contributed by atoms with van der Waals surface area (Å²) in [6.45, 7) is 0. The summed E-state index contributed by atoms with van der Waals surface area (Å²) in [5.41, 5.74) is 10.5. The van der Waals surface area contributed by atoms with Crippen molar-refractivity contribution in [3.05, 3.63) is 102 Å². The zero-order chi connectivity index (χ0) is 23.3. The molecule has 0 aliphatic rings. The molecular weight excluding hydrogens is 424 g/mol. The molecule has 6 heteroatoms. The highest BCUT2D eigenvalue weighted by molar-refractivity contribution is 5.95. The highest BCUT2D eigenvalue weighted by Gasteiger charge is 2.15. The van der Waals surface area contributed by atoms with E-state index in [4.69, 9.17) is 4.98 Å². The number of aryl methyl sites for hydroxylation is 1. The molecule has 0 aliphatic heterocycles. The Kier molecular flexibility index (Phi) is 6.03. The van der Waals surface area contributed by atoms with Crippen molar-refractivity contribution in [2.75, 3.05) is 0 Å². The number of nitrogens with one attached hydrogen (secondary N) is 3. The van der Waals surface area contributed by atoms with Gasteiger partial charge in [0.2, 0.25) is 5.91 Å². The number of pyridine rings is 1. The number of fused-ring (bicyclic) bond motifs is 2. The van der Waals surface area contributed by atoms with Crippen molar-refractivity contribution in [2.24, 2.45) is 0 Å². The van der Waals surface area contributed by atoms with E-state index in [2.05, 4.69) is 34.0 Å². The molecule has 0 aliphatic carbocycles. The van der Waals surface area contributed by atoms with Gasteiger partial charge in [-0.3, -0.25) is 20.4 Å². The molecule has 0 fully saturated rings. The molecule has 2 amide bonds. The Morgan fingerprint density at radius 3 is 2.44 bits per heavy atom. The Morgan fingerprint density at radius 1 is 0.794 bits per heavy atom. The minimum atomic E-state index is -0.338. The SMILES string of the molecule is O=C(CCCc1c(-c2ccc3ccccc3n2)[nH]c2ccccc12)NNC(=O)c1ccccc1. The monoisotopic (exact) mass is 448 g/mol. The van der Waals surface area contributed by atoms with E-state index >= 15 is 0 Å². The number of aromatic amines is 1. The van der Waals surface area contributed by atoms with E-state index < -0.39 is 0 Å². The quantitative estimate of drug-likeness (QED) is 0.313. The van der Waals surface area contributed by atoms with Crippen LogP contribution in [0, 0.1) is 0 Å². The van der Waals surface area contributed by atoms with Crippen molar-refractivity contribution in [3.8, 4) is 11.4 Å². The van der Waals surface area contributed by atoms with Gasteiger partial charge in [-0.2, -0.15) is 0 Å². The Bertz CT molecular complexity index is 1470. The second-order valence-corrected chi connectivity index (χ2v) is 8.14. The summed E-state index contributed by atoms with van der Waals surface area (Å²) < 4.78 is 0. The molecule has 0 radical (unpaired) electrons. The van der Waals surface area contributed by atoms with Gasteiger partial charge in [0.05, 0.1) is 16.9 Å². The van der Waals surface area contributed by atoms with Crippen LogP contribution < -0.4 is 10.9 Å². The van der Waals surface area contributed by atoms with Crippen molar-refractivity contribution in [1.82, 2.24) is 20.8 Å². The Morgan fingerprint density at radius 2 is 1.56 bits per heavy atom. The fourth-order valence-corrected chi connectivity index (χ4v) is 4.16. The largest absolute Gasteiger partial charge is 0.353 e. The molecule has 0 saturated heterocycles. The number of para-hydroxylation sites is 2. The number of hydrogen-bond acceptors (Lipinski definition) is 3. The summed E-state index contributed by atoms with van der Waals surface area (Å²) in [4.78, 5) is 32.8. The molecule has 168 valence electrons. The van der Waals surface area contributed by atoms with Crippen LogP contribution in [0.4, 0.5) is 0 Å². The maximum atomic E-state index is 12.3. The van der Waals surface area contributed by atoms with Crippen LogP contribution >= 0.6 is 0 Å². The van der Waals surface area contributed by atoms with Gasteiger partial charge in [-0.1, -0.05) is 60.7 Å². The molecule has 5 aromatic rings. The molecule has 0 saturated carbocycles. The zero-order valence-corrected chi connectivity index (χ0v) is 18.5. The van der Waals surface area contributed by atoms with Crippen LogP contribution in [0.25, 0.3) is 33.2 Å². The first-order chi connectivity index (χ1) is 16.7. The number of hydrazine groups is 1. The summed E-state index contributed by atoms with van der Waals surface area (Å²) in [6, 6.07) is 29.1. The van der Waals surface area contributed by atoms with Gasteiger partial charge in [-0.05, 0) is 48.7 Å². The number of carbonyl (C=O) groups excluding carboxylic acids is 2. The number of benzene rings is 3. The highest BCUT2D eigenvalue weighted by Crippen LogP contribution is 2.31. The topological polar surface area (TPSA) is 86.9 Å². The van der Waals surface area contributed by atoms with Crippen LogP contribution in [0.3, 0.4) is 0 Å². The number of H-pyrrole nitrogens is 1. The number of amides is 2. The molecule has 2 aromatic heterocycles. The van der Waals surface area contributed by atoms with Crippen LogP contribution in [0.15, 0.2) is 91.0 Å². The van der Waals surface area contributed by atoms with E-state index in [-0.39, 0.29) is 11.8 Å². The van der Waals surface area contributed by atoms with Crippen molar-refractivity contribution < 1.29 is 9.59 Å². The predicted molar refractivity (Wildman–Crippen MR) is 134 cm³/mol. The van der Waals surface area contributed by atoms with Crippen LogP contribution in [0.1, 0.15) is 28.8 Å². The maximum absolute atomic E-state index is 12.3. The third-order valence-corrected chi connectivity index (χ3v) is 5.85. The number of carbonyl (C=O) groups is 2. The van der Waals surface area contributed by atoms with Crippen LogP contribution in [0.5, 0.6) is 0 Å². The molecule has 3 N–H and O–H groups in total. The molecule has 5 rings (SSSR count). The van der Waals surface area contributed by atoms with Gasteiger partial charge in [0.15, 0.2) is 0 Å². The smallest absolute Gasteiger partial charge is 0.269 e. The van der Waals surface area contributed by atoms with Crippen LogP contribution in [-0.4, -0.2) is 21.8 Å². The summed E-state index contributed by atoms with van der Waals surface area (Å²) in [5, 5.41) is 2.23. The van der Waals surface area contributed by atoms with E-state index in [1.54, 1.807) is 24.3 Å². The van der Waals surface area contributed by atoms with Crippen molar-refractivity contribution in [1.29, 1.82) is 0 Å². The molecule has 6 nitrogen and oxygen atoms in total. The van der Waals surface area contributed by atoms with Crippen molar-refractivity contribution in [3.63, 3.8) is 0 Å². The highest BCUT2D eigenvalue weighted by atomic mass is 16.2. The second kappa shape index (κ2) is 9.58. The number of hydrogen-bond donors (Lipinski definition) is 3. The summed E-state index contributed by atoms with van der Waals surface area (Å²) >= 11 is 0. The number of aromatic nitrogens is 2. The van der Waals surface area contributed by atoms with Gasteiger partial charge in [-0.15, -0.1) is 0 Å². The van der Waals surface area contributed by atoms with Gasteiger partial charge in [0.25, 0.3) is 5.91 Å². The lowest BCUT2D eigenvalue weighted by atomic mass is 10.0. The average molecular weight is 449 g/mol. The average Bonchev–Trinajstić information content (AvgIpc) is 3.26. The first-order valence-corrected chi connectivity index (χ1v) is 11.3. The van der Waals surface area contributed by atoms with E-state index in [0.717, 1.165) is 38.8 Å². The lowest BCUT2D eigenvalue weighted by Crippen LogP contribution is -2.41. The second-order valence-electron chi connectivity index (χ2n) is 8.14. The number of nitrogens with zero attached hydrogens (tertiary/aromatic N) is 1. The summed E-state index contributed by atoms with van der Waals surface area (Å²) in [7, 11) is 0. The Hall–Kier alpha value is -4.45. The molecule has 0 unspecified atom stereocenters. The summed E-state index contributed by atoms with van der Waals surface area (Å²) in [6.07, 6.45) is 1.63. The van der Waals surface area contributed by atoms with Crippen molar-refractivity contribution in [2.45, 2.75) is 19.3 Å². The minimum absolute atomic E-state index is 0.227. The minimum Gasteiger partial charge on any atom is -0.353 e. The molecular formula is C28H24N4O2. The Balaban J connectivity index is 1.29. The lowest BCUT2D eigenvalue weighted by molar-refractivity contribution is -0.121. The van der Waals surface area contributed by atoms with E-state index in [1.165, 1.54) is 0 Å². The fourth-order valence-electron chi connectivity index (χ4n) is 4.16. The van der Waals surface area contributed by atoms with Gasteiger partial charge in [0, 0.05) is 28.3 Å². The molecule has 0 atom stereocenters. The predicted octanol–water partition coefficient (Wildman–Crippen LogP) is 5.17. The first-order valence-electron chi connectivity index (χ1n) is 11.3. The van der Waals surface area contributed by atoms with Gasteiger partial charge in [-0.25, -0.2) is 4.98 Å². The van der Waals surface area contributed by atoms with Crippen molar-refractivity contribution >= 4 is 33.6 Å². The molecule has 34 heavy (non-hydrogen) atoms. The normalized spacial score (nSPS) is 10.9. The fraction of sp³-hybridized carbons (Fsp3) is 0.107. The third-order valence-electron chi connectivity index (χ3n) is 5.85. The van der Waals surface area contributed by atoms with Gasteiger partial charge < -0.3 is 4.98 Å². The Labute approximate surface area is 197 Å². The van der Waals surface area contributed by atoms with Crippen LogP contribution in [0.2, 0.25) is 0 Å². The lowest BCUT2D eigenvalue weighted by Gasteiger charge is -2.08. The van der Waals surface area contributed by atoms with Gasteiger partial charge in [0.1, 0.15) is 0 Å². The van der Waals surface area contributed by atoms with Gasteiger partial charge >= 0.3 is 0 Å². The number of rotatable bonds is 6. The standard InChI is InChI=1S/C28H24N4O2/c33-26(31-32-28(34)20-10-2-1-3-11-20)16-8-13-22-21-12-5-7-15-24(21)30-27(22)25-18-17-19-9-4-6-14-23(19)29-25/h1-7,9-12,14-15,17-18,30H,8,13,16H2,(H,31,33)(H,32,34).